The van der Waals surface area contributed by atoms with Crippen molar-refractivity contribution in [3.05, 3.63) is 47.5 Å². The van der Waals surface area contributed by atoms with E-state index in [1.165, 1.54) is 6.07 Å². The Morgan fingerprint density at radius 3 is 2.56 bits per heavy atom. The Morgan fingerprint density at radius 1 is 0.944 bits per heavy atom. The summed E-state index contributed by atoms with van der Waals surface area (Å²) in [5, 5.41) is 52.1. The van der Waals surface area contributed by atoms with Crippen LogP contribution in [0, 0.1) is 0 Å². The molecule has 3 aromatic rings. The summed E-state index contributed by atoms with van der Waals surface area (Å²) in [6.45, 7) is -0.578. The van der Waals surface area contributed by atoms with Crippen LogP contribution in [0.2, 0.25) is 0 Å². The van der Waals surface area contributed by atoms with Gasteiger partial charge in [-0.15, -0.1) is 0 Å². The Hall–Kier alpha value is -3.61. The number of aliphatic hydroxyl groups excluding tert-OH is 4. The third-order valence-electron chi connectivity index (χ3n) is 6.66. The molecule has 3 aromatic carbocycles. The molecular formula is C25H22O11. The van der Waals surface area contributed by atoms with Crippen LogP contribution < -0.4 is 14.2 Å². The summed E-state index contributed by atoms with van der Waals surface area (Å²) in [6, 6.07) is 9.82. The van der Waals surface area contributed by atoms with E-state index in [-0.39, 0.29) is 24.9 Å². The molecule has 5 N–H and O–H groups in total. The molecule has 188 valence electrons. The van der Waals surface area contributed by atoms with Crippen molar-refractivity contribution in [3.8, 4) is 34.1 Å². The van der Waals surface area contributed by atoms with Crippen LogP contribution in [0.3, 0.4) is 0 Å². The average Bonchev–Trinajstić information content (AvgIpc) is 3.50. The molecule has 0 bridgehead atoms. The van der Waals surface area contributed by atoms with E-state index >= 15 is 0 Å². The van der Waals surface area contributed by atoms with Gasteiger partial charge in [0.05, 0.1) is 12.2 Å². The Kier molecular flexibility index (Phi) is 5.39. The number of aliphatic hydroxyl groups is 4. The van der Waals surface area contributed by atoms with Crippen LogP contribution in [0.1, 0.15) is 15.9 Å². The molecule has 6 rings (SSSR count). The minimum Gasteiger partial charge on any atom is -0.504 e. The molecule has 0 saturated carbocycles. The zero-order chi connectivity index (χ0) is 25.1. The highest BCUT2D eigenvalue weighted by Crippen LogP contribution is 2.48. The molecule has 1 fully saturated rings. The number of ether oxygens (including phenoxy) is 5. The van der Waals surface area contributed by atoms with Gasteiger partial charge in [0, 0.05) is 16.5 Å². The lowest BCUT2D eigenvalue weighted by Crippen LogP contribution is -2.60. The van der Waals surface area contributed by atoms with Crippen molar-refractivity contribution in [1.29, 1.82) is 0 Å². The number of fused-ring (bicyclic) bond motifs is 3. The van der Waals surface area contributed by atoms with Crippen molar-refractivity contribution in [2.24, 2.45) is 0 Å². The van der Waals surface area contributed by atoms with Gasteiger partial charge >= 0.3 is 5.97 Å². The maximum atomic E-state index is 12.5. The Bertz CT molecular complexity index is 1370. The van der Waals surface area contributed by atoms with Gasteiger partial charge < -0.3 is 49.2 Å². The number of benzene rings is 3. The first kappa shape index (κ1) is 22.8. The standard InChI is InChI=1S/C25H22O11/c26-7-17-20(28)21(29)22(30)25(35-17)36-23-14(27)3-1-10-5-12-13(8-32-24(12)31)18(19(10)23)11-2-4-15-16(6-11)34-9-33-15/h1-6,17,20-22,25-30H,7-9H2/t17-,20+,21+,22-,25+/m0/s1. The number of rotatable bonds is 4. The second kappa shape index (κ2) is 8.50. The van der Waals surface area contributed by atoms with Crippen LogP contribution >= 0.6 is 0 Å². The number of esters is 1. The van der Waals surface area contributed by atoms with E-state index in [4.69, 9.17) is 23.7 Å². The summed E-state index contributed by atoms with van der Waals surface area (Å²) >= 11 is 0. The van der Waals surface area contributed by atoms with Crippen LogP contribution in [-0.4, -0.2) is 75.6 Å². The molecule has 1 saturated heterocycles. The zero-order valence-electron chi connectivity index (χ0n) is 18.7. The smallest absolute Gasteiger partial charge is 0.338 e. The number of hydrogen-bond donors (Lipinski definition) is 5. The second-order valence-electron chi connectivity index (χ2n) is 8.75. The third kappa shape index (κ3) is 3.44. The van der Waals surface area contributed by atoms with Gasteiger partial charge in [-0.2, -0.15) is 0 Å². The molecule has 0 aromatic heterocycles. The van der Waals surface area contributed by atoms with Gasteiger partial charge in [-0.25, -0.2) is 4.79 Å². The van der Waals surface area contributed by atoms with Crippen molar-refractivity contribution in [3.63, 3.8) is 0 Å². The van der Waals surface area contributed by atoms with E-state index in [0.29, 0.717) is 44.5 Å². The largest absolute Gasteiger partial charge is 0.504 e. The molecule has 36 heavy (non-hydrogen) atoms. The molecule has 3 heterocycles. The molecular weight excluding hydrogens is 476 g/mol. The highest BCUT2D eigenvalue weighted by Gasteiger charge is 2.45. The molecule has 3 aliphatic rings. The molecule has 11 nitrogen and oxygen atoms in total. The number of carbonyl (C=O) groups excluding carboxylic acids is 1. The van der Waals surface area contributed by atoms with Crippen molar-refractivity contribution in [2.75, 3.05) is 13.4 Å². The first-order valence-electron chi connectivity index (χ1n) is 11.2. The van der Waals surface area contributed by atoms with E-state index < -0.39 is 43.3 Å². The third-order valence-corrected chi connectivity index (χ3v) is 6.66. The molecule has 0 radical (unpaired) electrons. The van der Waals surface area contributed by atoms with Crippen LogP contribution in [0.4, 0.5) is 0 Å². The highest BCUT2D eigenvalue weighted by molar-refractivity contribution is 6.10. The van der Waals surface area contributed by atoms with Crippen molar-refractivity contribution in [1.82, 2.24) is 0 Å². The summed E-state index contributed by atoms with van der Waals surface area (Å²) in [7, 11) is 0. The predicted molar refractivity (Wildman–Crippen MR) is 121 cm³/mol. The zero-order valence-corrected chi connectivity index (χ0v) is 18.7. The molecule has 0 aliphatic carbocycles. The fourth-order valence-electron chi connectivity index (χ4n) is 4.81. The van der Waals surface area contributed by atoms with Crippen molar-refractivity contribution < 1.29 is 54.0 Å². The highest BCUT2D eigenvalue weighted by atomic mass is 16.7. The maximum Gasteiger partial charge on any atom is 0.338 e. The van der Waals surface area contributed by atoms with Gasteiger partial charge in [0.1, 0.15) is 31.0 Å². The molecule has 5 atom stereocenters. The fourth-order valence-corrected chi connectivity index (χ4v) is 4.81. The summed E-state index contributed by atoms with van der Waals surface area (Å²) in [5.41, 5.74) is 2.08. The van der Waals surface area contributed by atoms with Gasteiger partial charge in [0.15, 0.2) is 23.0 Å². The monoisotopic (exact) mass is 498 g/mol. The van der Waals surface area contributed by atoms with Crippen LogP contribution in [-0.2, 0) is 16.1 Å². The molecule has 0 unspecified atom stereocenters. The number of hydrogen-bond acceptors (Lipinski definition) is 11. The average molecular weight is 498 g/mol. The molecule has 0 amide bonds. The second-order valence-corrected chi connectivity index (χ2v) is 8.75. The van der Waals surface area contributed by atoms with E-state index in [1.807, 2.05) is 0 Å². The van der Waals surface area contributed by atoms with Crippen LogP contribution in [0.15, 0.2) is 36.4 Å². The number of aromatic hydroxyl groups is 1. The number of carbonyl (C=O) groups is 1. The van der Waals surface area contributed by atoms with Crippen LogP contribution in [0.5, 0.6) is 23.0 Å². The van der Waals surface area contributed by atoms with Gasteiger partial charge in [-0.05, 0) is 35.2 Å². The quantitative estimate of drug-likeness (QED) is 0.323. The fraction of sp³-hybridized carbons (Fsp3) is 0.320. The number of phenolic OH excluding ortho intramolecular Hbond substituents is 1. The SMILES string of the molecule is O=C1OCc2c1cc1ccc(O)c(O[C@H]3O[C@@H](CO)[C@@H](O)[C@@H](O)[C@@H]3O)c1c2-c1ccc2c(c1)OCO2. The normalized spacial score (nSPS) is 26.7. The Labute approximate surface area is 203 Å². The lowest BCUT2D eigenvalue weighted by molar-refractivity contribution is -0.277. The van der Waals surface area contributed by atoms with Crippen molar-refractivity contribution >= 4 is 16.7 Å². The summed E-state index contributed by atoms with van der Waals surface area (Å²) in [4.78, 5) is 12.5. The maximum absolute atomic E-state index is 12.5. The van der Waals surface area contributed by atoms with Gasteiger partial charge in [0.2, 0.25) is 13.1 Å². The lowest BCUT2D eigenvalue weighted by atomic mass is 9.89. The minimum atomic E-state index is -1.69. The minimum absolute atomic E-state index is 0.0109. The van der Waals surface area contributed by atoms with E-state index in [9.17, 15) is 30.3 Å². The van der Waals surface area contributed by atoms with Gasteiger partial charge in [0.25, 0.3) is 0 Å². The number of phenols is 1. The molecule has 11 heteroatoms. The van der Waals surface area contributed by atoms with E-state index in [2.05, 4.69) is 0 Å². The van der Waals surface area contributed by atoms with E-state index in [0.717, 1.165) is 0 Å². The topological polar surface area (TPSA) is 164 Å². The van der Waals surface area contributed by atoms with Gasteiger partial charge in [-0.1, -0.05) is 12.1 Å². The summed E-state index contributed by atoms with van der Waals surface area (Å²) in [5.74, 6) is 0.181. The van der Waals surface area contributed by atoms with Crippen LogP contribution in [0.25, 0.3) is 21.9 Å². The first-order chi connectivity index (χ1) is 17.4. The Morgan fingerprint density at radius 2 is 1.75 bits per heavy atom. The van der Waals surface area contributed by atoms with Crippen molar-refractivity contribution in [2.45, 2.75) is 37.3 Å². The Balaban J connectivity index is 1.55. The van der Waals surface area contributed by atoms with E-state index in [1.54, 1.807) is 30.3 Å². The summed E-state index contributed by atoms with van der Waals surface area (Å²) in [6.07, 6.45) is -7.66. The first-order valence-corrected chi connectivity index (χ1v) is 11.2. The predicted octanol–water partition coefficient (Wildman–Crippen LogP) is 0.790. The summed E-state index contributed by atoms with van der Waals surface area (Å²) < 4.78 is 27.6. The molecule has 3 aliphatic heterocycles. The molecule has 0 spiro atoms. The lowest BCUT2D eigenvalue weighted by Gasteiger charge is -2.39. The van der Waals surface area contributed by atoms with Gasteiger partial charge in [-0.3, -0.25) is 0 Å². The number of cyclic esters (lactones) is 1.